The van der Waals surface area contributed by atoms with Crippen molar-refractivity contribution >= 4 is 17.4 Å². The van der Waals surface area contributed by atoms with Crippen LogP contribution in [0.1, 0.15) is 39.6 Å². The molecule has 0 spiro atoms. The lowest BCUT2D eigenvalue weighted by Gasteiger charge is -2.34. The molecule has 0 N–H and O–H groups in total. The van der Waals surface area contributed by atoms with E-state index in [0.29, 0.717) is 17.5 Å². The highest BCUT2D eigenvalue weighted by molar-refractivity contribution is 6.14. The molecule has 1 atom stereocenters. The van der Waals surface area contributed by atoms with E-state index in [-0.39, 0.29) is 17.7 Å². The molecule has 2 aromatic carbocycles. The van der Waals surface area contributed by atoms with Crippen LogP contribution in [0.4, 0.5) is 5.69 Å². The van der Waals surface area contributed by atoms with Crippen molar-refractivity contribution in [2.45, 2.75) is 26.3 Å². The van der Waals surface area contributed by atoms with E-state index in [1.165, 1.54) is 0 Å². The molecule has 0 bridgehead atoms. The first-order valence-corrected chi connectivity index (χ1v) is 7.10. The zero-order chi connectivity index (χ0) is 15.0. The van der Waals surface area contributed by atoms with Crippen molar-refractivity contribution < 1.29 is 9.59 Å². The van der Waals surface area contributed by atoms with Crippen molar-refractivity contribution in [3.8, 4) is 0 Å². The molecule has 0 aliphatic carbocycles. The predicted octanol–water partition coefficient (Wildman–Crippen LogP) is 3.62. The molecule has 1 aliphatic rings. The zero-order valence-electron chi connectivity index (χ0n) is 12.2. The summed E-state index contributed by atoms with van der Waals surface area (Å²) in [6.07, 6.45) is 0.370. The Morgan fingerprint density at radius 1 is 1.14 bits per heavy atom. The van der Waals surface area contributed by atoms with Crippen LogP contribution in [-0.2, 0) is 0 Å². The molecule has 2 aromatic rings. The largest absolute Gasteiger partial charge is 0.304 e. The number of aryl methyl sites for hydroxylation is 1. The molecule has 0 saturated heterocycles. The van der Waals surface area contributed by atoms with Crippen LogP contribution in [0, 0.1) is 6.92 Å². The van der Waals surface area contributed by atoms with Crippen LogP contribution in [0.3, 0.4) is 0 Å². The average Bonchev–Trinajstić information content (AvgIpc) is 2.48. The Morgan fingerprint density at radius 2 is 1.86 bits per heavy atom. The van der Waals surface area contributed by atoms with Gasteiger partial charge in [0, 0.05) is 23.6 Å². The Labute approximate surface area is 124 Å². The second-order valence-electron chi connectivity index (χ2n) is 5.54. The molecule has 0 fully saturated rings. The topological polar surface area (TPSA) is 37.4 Å². The second-order valence-corrected chi connectivity index (χ2v) is 5.54. The Bertz CT molecular complexity index is 706. The summed E-state index contributed by atoms with van der Waals surface area (Å²) < 4.78 is 0. The number of benzene rings is 2. The van der Waals surface area contributed by atoms with Gasteiger partial charge >= 0.3 is 0 Å². The fourth-order valence-electron chi connectivity index (χ4n) is 2.82. The van der Waals surface area contributed by atoms with Gasteiger partial charge in [-0.2, -0.15) is 0 Å². The van der Waals surface area contributed by atoms with Crippen LogP contribution < -0.4 is 4.90 Å². The monoisotopic (exact) mass is 279 g/mol. The van der Waals surface area contributed by atoms with E-state index in [0.717, 1.165) is 11.3 Å². The number of hydrogen-bond donors (Lipinski definition) is 0. The lowest BCUT2D eigenvalue weighted by atomic mass is 9.93. The fraction of sp³-hybridized carbons (Fsp3) is 0.222. The number of nitrogens with zero attached hydrogens (tertiary/aromatic N) is 1. The maximum absolute atomic E-state index is 12.8. The highest BCUT2D eigenvalue weighted by Gasteiger charge is 2.33. The van der Waals surface area contributed by atoms with Crippen molar-refractivity contribution in [2.75, 3.05) is 4.90 Å². The maximum atomic E-state index is 12.8. The summed E-state index contributed by atoms with van der Waals surface area (Å²) in [4.78, 5) is 26.7. The Balaban J connectivity index is 2.09. The zero-order valence-corrected chi connectivity index (χ0v) is 12.2. The molecule has 106 valence electrons. The lowest BCUT2D eigenvalue weighted by molar-refractivity contribution is 0.0936. The van der Waals surface area contributed by atoms with Gasteiger partial charge in [-0.1, -0.05) is 29.8 Å². The molecule has 0 saturated carbocycles. The number of carbonyl (C=O) groups excluding carboxylic acids is 2. The summed E-state index contributed by atoms with van der Waals surface area (Å²) in [5.74, 6) is 0.0546. The number of ketones is 1. The highest BCUT2D eigenvalue weighted by atomic mass is 16.2. The molecule has 1 aliphatic heterocycles. The summed E-state index contributed by atoms with van der Waals surface area (Å²) in [7, 11) is 0. The van der Waals surface area contributed by atoms with E-state index >= 15 is 0 Å². The molecule has 21 heavy (non-hydrogen) atoms. The van der Waals surface area contributed by atoms with E-state index in [4.69, 9.17) is 0 Å². The Hall–Kier alpha value is -2.42. The SMILES string of the molecule is Cc1ccc2c(c1)C(=O)C[C@H](C)N2C(=O)c1ccccc1. The summed E-state index contributed by atoms with van der Waals surface area (Å²) >= 11 is 0. The van der Waals surface area contributed by atoms with Gasteiger partial charge in [-0.05, 0) is 38.1 Å². The molecule has 3 rings (SSSR count). The first-order chi connectivity index (χ1) is 10.1. The number of anilines is 1. The van der Waals surface area contributed by atoms with Crippen LogP contribution in [0.25, 0.3) is 0 Å². The number of fused-ring (bicyclic) bond motifs is 1. The Kier molecular flexibility index (Phi) is 3.34. The van der Waals surface area contributed by atoms with Gasteiger partial charge < -0.3 is 4.90 Å². The van der Waals surface area contributed by atoms with E-state index < -0.39 is 0 Å². The average molecular weight is 279 g/mol. The number of carbonyl (C=O) groups is 2. The first kappa shape index (κ1) is 13.6. The van der Waals surface area contributed by atoms with Gasteiger partial charge in [0.1, 0.15) is 0 Å². The normalized spacial score (nSPS) is 17.5. The second kappa shape index (κ2) is 5.17. The summed E-state index contributed by atoms with van der Waals surface area (Å²) in [5, 5.41) is 0. The van der Waals surface area contributed by atoms with Gasteiger partial charge in [0.05, 0.1) is 5.69 Å². The molecule has 0 radical (unpaired) electrons. The summed E-state index contributed by atoms with van der Waals surface area (Å²) in [6, 6.07) is 14.8. The third-order valence-corrected chi connectivity index (χ3v) is 3.87. The van der Waals surface area contributed by atoms with E-state index in [1.54, 1.807) is 17.0 Å². The molecular formula is C18H17NO2. The van der Waals surface area contributed by atoms with E-state index in [2.05, 4.69) is 0 Å². The van der Waals surface area contributed by atoms with Gasteiger partial charge in [-0.25, -0.2) is 0 Å². The van der Waals surface area contributed by atoms with Crippen LogP contribution in [0.5, 0.6) is 0 Å². The summed E-state index contributed by atoms with van der Waals surface area (Å²) in [5.41, 5.74) is 3.05. The number of amides is 1. The van der Waals surface area contributed by atoms with Gasteiger partial charge in [-0.3, -0.25) is 9.59 Å². The van der Waals surface area contributed by atoms with Crippen molar-refractivity contribution in [1.82, 2.24) is 0 Å². The van der Waals surface area contributed by atoms with Gasteiger partial charge in [0.15, 0.2) is 5.78 Å². The van der Waals surface area contributed by atoms with Crippen molar-refractivity contribution in [3.63, 3.8) is 0 Å². The molecule has 0 unspecified atom stereocenters. The molecule has 3 heteroatoms. The third kappa shape index (κ3) is 2.35. The van der Waals surface area contributed by atoms with Crippen molar-refractivity contribution in [1.29, 1.82) is 0 Å². The Morgan fingerprint density at radius 3 is 2.57 bits per heavy atom. The van der Waals surface area contributed by atoms with Crippen LogP contribution in [0.15, 0.2) is 48.5 Å². The highest BCUT2D eigenvalue weighted by Crippen LogP contribution is 2.32. The molecule has 1 heterocycles. The van der Waals surface area contributed by atoms with E-state index in [1.807, 2.05) is 50.2 Å². The number of Topliss-reactive ketones (excluding diaryl/α,β-unsaturated/α-hetero) is 1. The summed E-state index contributed by atoms with van der Waals surface area (Å²) in [6.45, 7) is 3.87. The fourth-order valence-corrected chi connectivity index (χ4v) is 2.82. The number of rotatable bonds is 1. The third-order valence-electron chi connectivity index (χ3n) is 3.87. The van der Waals surface area contributed by atoms with Gasteiger partial charge in [0.25, 0.3) is 5.91 Å². The minimum Gasteiger partial charge on any atom is -0.304 e. The molecule has 3 nitrogen and oxygen atoms in total. The first-order valence-electron chi connectivity index (χ1n) is 7.10. The molecule has 0 aromatic heterocycles. The quantitative estimate of drug-likeness (QED) is 0.799. The van der Waals surface area contributed by atoms with Crippen LogP contribution in [-0.4, -0.2) is 17.7 Å². The lowest BCUT2D eigenvalue weighted by Crippen LogP contribution is -2.44. The maximum Gasteiger partial charge on any atom is 0.258 e. The van der Waals surface area contributed by atoms with Crippen molar-refractivity contribution in [3.05, 3.63) is 65.2 Å². The molecular weight excluding hydrogens is 262 g/mol. The smallest absolute Gasteiger partial charge is 0.258 e. The van der Waals surface area contributed by atoms with Gasteiger partial charge in [0.2, 0.25) is 0 Å². The molecule has 1 amide bonds. The standard InChI is InChI=1S/C18H17NO2/c1-12-8-9-16-15(10-12)17(20)11-13(2)19(16)18(21)14-6-4-3-5-7-14/h3-10,13H,11H2,1-2H3/t13-/m0/s1. The minimum atomic E-state index is -0.125. The van der Waals surface area contributed by atoms with Gasteiger partial charge in [-0.15, -0.1) is 0 Å². The number of hydrogen-bond acceptors (Lipinski definition) is 2. The van der Waals surface area contributed by atoms with Crippen LogP contribution >= 0.6 is 0 Å². The predicted molar refractivity (Wildman–Crippen MR) is 82.8 cm³/mol. The van der Waals surface area contributed by atoms with E-state index in [9.17, 15) is 9.59 Å². The van der Waals surface area contributed by atoms with Crippen molar-refractivity contribution in [2.24, 2.45) is 0 Å². The minimum absolute atomic E-state index is 0.0549. The van der Waals surface area contributed by atoms with Crippen LogP contribution in [0.2, 0.25) is 0 Å².